The molecule has 72 valence electrons. The van der Waals surface area contributed by atoms with Crippen LogP contribution in [-0.2, 0) is 11.2 Å². The van der Waals surface area contributed by atoms with E-state index in [9.17, 15) is 0 Å². The van der Waals surface area contributed by atoms with Gasteiger partial charge in [0, 0.05) is 0 Å². The van der Waals surface area contributed by atoms with E-state index >= 15 is 0 Å². The summed E-state index contributed by atoms with van der Waals surface area (Å²) >= 11 is -0.730. The minimum absolute atomic E-state index is 0.730. The molecule has 1 nitrogen and oxygen atoms in total. The van der Waals surface area contributed by atoms with E-state index < -0.39 is 14.7 Å². The Hall–Kier alpha value is -0.262. The van der Waals surface area contributed by atoms with E-state index in [2.05, 4.69) is 35.7 Å². The molecular weight excluding hydrogens is 223 g/mol. The topological polar surface area (TPSA) is 9.23 Å². The maximum absolute atomic E-state index is 5.10. The predicted molar refractivity (Wildman–Crippen MR) is 59.1 cm³/mol. The van der Waals surface area contributed by atoms with Gasteiger partial charge >= 0.3 is 85.1 Å². The van der Waals surface area contributed by atoms with Crippen LogP contribution < -0.4 is 4.35 Å². The first kappa shape index (κ1) is 10.8. The summed E-state index contributed by atoms with van der Waals surface area (Å²) in [6, 6.07) is 8.75. The molecule has 13 heavy (non-hydrogen) atoms. The third-order valence-corrected chi connectivity index (χ3v) is 4.99. The second kappa shape index (κ2) is 5.46. The molecule has 0 atom stereocenters. The zero-order valence-electron chi connectivity index (χ0n) is 8.58. The van der Waals surface area contributed by atoms with Gasteiger partial charge in [0.15, 0.2) is 0 Å². The molecule has 0 aliphatic heterocycles. The first-order valence-electron chi connectivity index (χ1n) is 4.50. The Kier molecular flexibility index (Phi) is 4.55. The Balaban J connectivity index is 2.78. The fourth-order valence-electron chi connectivity index (χ4n) is 1.37. The first-order valence-corrected chi connectivity index (χ1v) is 9.19. The van der Waals surface area contributed by atoms with Crippen LogP contribution in [0.1, 0.15) is 5.56 Å². The molecule has 0 spiro atoms. The Labute approximate surface area is 85.4 Å². The SMILES string of the molecule is COCCc1ccccc1[As](C)C. The van der Waals surface area contributed by atoms with Crippen molar-refractivity contribution in [3.05, 3.63) is 29.8 Å². The van der Waals surface area contributed by atoms with Gasteiger partial charge in [-0.2, -0.15) is 0 Å². The first-order chi connectivity index (χ1) is 6.25. The summed E-state index contributed by atoms with van der Waals surface area (Å²) in [6.07, 6.45) is 1.06. The van der Waals surface area contributed by atoms with Gasteiger partial charge < -0.3 is 0 Å². The molecule has 0 saturated heterocycles. The molecule has 0 unspecified atom stereocenters. The Morgan fingerprint density at radius 3 is 2.54 bits per heavy atom. The van der Waals surface area contributed by atoms with Crippen LogP contribution in [0, 0.1) is 0 Å². The van der Waals surface area contributed by atoms with Gasteiger partial charge in [0.25, 0.3) is 0 Å². The van der Waals surface area contributed by atoms with Crippen LogP contribution in [0.25, 0.3) is 0 Å². The molecule has 0 aliphatic rings. The zero-order chi connectivity index (χ0) is 9.68. The third kappa shape index (κ3) is 3.17. The van der Waals surface area contributed by atoms with Gasteiger partial charge in [-0.05, 0) is 0 Å². The van der Waals surface area contributed by atoms with Crippen LogP contribution >= 0.6 is 0 Å². The number of ether oxygens (including phenoxy) is 1. The van der Waals surface area contributed by atoms with Crippen LogP contribution in [0.2, 0.25) is 11.4 Å². The molecule has 0 radical (unpaired) electrons. The van der Waals surface area contributed by atoms with Crippen molar-refractivity contribution in [3.8, 4) is 0 Å². The van der Waals surface area contributed by atoms with Crippen LogP contribution in [0.5, 0.6) is 0 Å². The minimum atomic E-state index is -0.730. The van der Waals surface area contributed by atoms with Crippen molar-refractivity contribution in [3.63, 3.8) is 0 Å². The molecule has 1 aromatic carbocycles. The van der Waals surface area contributed by atoms with E-state index in [0.29, 0.717) is 0 Å². The summed E-state index contributed by atoms with van der Waals surface area (Å²) < 4.78 is 6.69. The van der Waals surface area contributed by atoms with Crippen molar-refractivity contribution < 1.29 is 4.74 Å². The second-order valence-corrected chi connectivity index (χ2v) is 8.03. The quantitative estimate of drug-likeness (QED) is 0.730. The van der Waals surface area contributed by atoms with E-state index in [0.717, 1.165) is 13.0 Å². The van der Waals surface area contributed by atoms with Gasteiger partial charge in [-0.15, -0.1) is 0 Å². The van der Waals surface area contributed by atoms with E-state index in [1.165, 1.54) is 5.56 Å². The van der Waals surface area contributed by atoms with Gasteiger partial charge in [-0.3, -0.25) is 0 Å². The number of hydrogen-bond donors (Lipinski definition) is 0. The van der Waals surface area contributed by atoms with Crippen LogP contribution in [-0.4, -0.2) is 28.4 Å². The Morgan fingerprint density at radius 2 is 1.92 bits per heavy atom. The molecule has 1 rings (SSSR count). The zero-order valence-corrected chi connectivity index (χ0v) is 10.5. The molecule has 0 fully saturated rings. The molecule has 2 heteroatoms. The van der Waals surface area contributed by atoms with Crippen molar-refractivity contribution >= 4 is 19.0 Å². The van der Waals surface area contributed by atoms with Crippen molar-refractivity contribution in [1.29, 1.82) is 0 Å². The van der Waals surface area contributed by atoms with Gasteiger partial charge in [0.2, 0.25) is 0 Å². The van der Waals surface area contributed by atoms with Gasteiger partial charge in [0.05, 0.1) is 0 Å². The number of rotatable bonds is 4. The summed E-state index contributed by atoms with van der Waals surface area (Å²) in [5, 5.41) is 0. The molecule has 0 amide bonds. The standard InChI is InChI=1S/C11H17AsO/c1-12(2)11-7-5-4-6-10(11)8-9-13-3/h4-7H,8-9H2,1-3H3. The molecule has 0 bridgehead atoms. The van der Waals surface area contributed by atoms with E-state index in [-0.39, 0.29) is 0 Å². The Morgan fingerprint density at radius 1 is 1.23 bits per heavy atom. The summed E-state index contributed by atoms with van der Waals surface area (Å²) in [4.78, 5) is 0. The summed E-state index contributed by atoms with van der Waals surface area (Å²) in [5.74, 6) is 0. The average molecular weight is 240 g/mol. The van der Waals surface area contributed by atoms with E-state index in [1.54, 1.807) is 11.5 Å². The molecular formula is C11H17AsO. The van der Waals surface area contributed by atoms with Crippen LogP contribution in [0.4, 0.5) is 0 Å². The second-order valence-electron chi connectivity index (χ2n) is 3.27. The summed E-state index contributed by atoms with van der Waals surface area (Å²) in [5.41, 5.74) is 6.23. The third-order valence-electron chi connectivity index (χ3n) is 2.05. The average Bonchev–Trinajstić information content (AvgIpc) is 2.15. The van der Waals surface area contributed by atoms with E-state index in [4.69, 9.17) is 4.74 Å². The van der Waals surface area contributed by atoms with Crippen LogP contribution in [0.15, 0.2) is 24.3 Å². The number of methoxy groups -OCH3 is 1. The Bertz CT molecular complexity index is 258. The fraction of sp³-hybridized carbons (Fsp3) is 0.455. The van der Waals surface area contributed by atoms with Crippen LogP contribution in [0.3, 0.4) is 0 Å². The molecule has 1 aromatic rings. The van der Waals surface area contributed by atoms with Gasteiger partial charge in [-0.25, -0.2) is 0 Å². The predicted octanol–water partition coefficient (Wildman–Crippen LogP) is 1.84. The number of hydrogen-bond acceptors (Lipinski definition) is 1. The summed E-state index contributed by atoms with van der Waals surface area (Å²) in [7, 11) is 1.76. The maximum atomic E-state index is 5.10. The molecule has 0 aromatic heterocycles. The molecule has 0 saturated carbocycles. The molecule has 0 aliphatic carbocycles. The van der Waals surface area contributed by atoms with Crippen molar-refractivity contribution in [2.24, 2.45) is 0 Å². The van der Waals surface area contributed by atoms with Crippen molar-refractivity contribution in [2.75, 3.05) is 13.7 Å². The van der Waals surface area contributed by atoms with E-state index in [1.807, 2.05) is 0 Å². The molecule has 0 heterocycles. The summed E-state index contributed by atoms with van der Waals surface area (Å²) in [6.45, 7) is 0.833. The normalized spacial score (nSPS) is 10.8. The van der Waals surface area contributed by atoms with Crippen molar-refractivity contribution in [2.45, 2.75) is 17.8 Å². The fourth-order valence-corrected chi connectivity index (χ4v) is 3.77. The van der Waals surface area contributed by atoms with Crippen molar-refractivity contribution in [1.82, 2.24) is 0 Å². The number of benzene rings is 1. The van der Waals surface area contributed by atoms with Gasteiger partial charge in [0.1, 0.15) is 0 Å². The van der Waals surface area contributed by atoms with Gasteiger partial charge in [-0.1, -0.05) is 0 Å². The molecule has 0 N–H and O–H groups in total. The monoisotopic (exact) mass is 240 g/mol.